The summed E-state index contributed by atoms with van der Waals surface area (Å²) in [5.41, 5.74) is 0.731. The molecule has 0 bridgehead atoms. The maximum atomic E-state index is 12.1. The SMILES string of the molecule is CCS(=O)(=O)c1ccccc1NCCN1CCCCCC1. The minimum Gasteiger partial charge on any atom is -0.383 e. The molecule has 5 heteroatoms. The summed E-state index contributed by atoms with van der Waals surface area (Å²) in [7, 11) is -3.17. The number of benzene rings is 1. The smallest absolute Gasteiger partial charge is 0.180 e. The standard InChI is InChI=1S/C16H26N2O2S/c1-2-21(19,20)16-10-6-5-9-15(16)17-11-14-18-12-7-3-4-8-13-18/h5-6,9-10,17H,2-4,7-8,11-14H2,1H3. The molecule has 1 aromatic carbocycles. The predicted octanol–water partition coefficient (Wildman–Crippen LogP) is 2.77. The van der Waals surface area contributed by atoms with Crippen LogP contribution in [0.2, 0.25) is 0 Å². The number of hydrogen-bond donors (Lipinski definition) is 1. The average molecular weight is 310 g/mol. The van der Waals surface area contributed by atoms with Crippen molar-refractivity contribution in [1.29, 1.82) is 0 Å². The second kappa shape index (κ2) is 7.80. The lowest BCUT2D eigenvalue weighted by atomic mass is 10.2. The molecule has 4 nitrogen and oxygen atoms in total. The van der Waals surface area contributed by atoms with Gasteiger partial charge in [0.1, 0.15) is 0 Å². The maximum absolute atomic E-state index is 12.1. The zero-order valence-electron chi connectivity index (χ0n) is 12.8. The molecule has 0 unspecified atom stereocenters. The van der Waals surface area contributed by atoms with Gasteiger partial charge >= 0.3 is 0 Å². The first-order chi connectivity index (χ1) is 10.1. The van der Waals surface area contributed by atoms with Crippen molar-refractivity contribution in [3.8, 4) is 0 Å². The van der Waals surface area contributed by atoms with Crippen LogP contribution in [0.25, 0.3) is 0 Å². The number of para-hydroxylation sites is 1. The molecule has 0 amide bonds. The van der Waals surface area contributed by atoms with E-state index >= 15 is 0 Å². The Morgan fingerprint density at radius 1 is 1.10 bits per heavy atom. The van der Waals surface area contributed by atoms with Crippen molar-refractivity contribution in [3.05, 3.63) is 24.3 Å². The minimum absolute atomic E-state index is 0.137. The first kappa shape index (κ1) is 16.3. The summed E-state index contributed by atoms with van der Waals surface area (Å²) in [6.07, 6.45) is 5.23. The Bertz CT molecular complexity index is 535. The summed E-state index contributed by atoms with van der Waals surface area (Å²) in [5, 5.41) is 3.30. The summed E-state index contributed by atoms with van der Waals surface area (Å²) in [4.78, 5) is 2.89. The summed E-state index contributed by atoms with van der Waals surface area (Å²) in [6, 6.07) is 7.20. The van der Waals surface area contributed by atoms with Crippen molar-refractivity contribution in [1.82, 2.24) is 4.90 Å². The minimum atomic E-state index is -3.17. The molecule has 21 heavy (non-hydrogen) atoms. The molecule has 0 aliphatic carbocycles. The molecule has 0 radical (unpaired) electrons. The third-order valence-electron chi connectivity index (χ3n) is 4.04. The van der Waals surface area contributed by atoms with Crippen LogP contribution in [0.5, 0.6) is 0 Å². The van der Waals surface area contributed by atoms with E-state index in [2.05, 4.69) is 10.2 Å². The van der Waals surface area contributed by atoms with Gasteiger partial charge in [0.25, 0.3) is 0 Å². The third-order valence-corrected chi connectivity index (χ3v) is 5.83. The molecule has 2 rings (SSSR count). The second-order valence-electron chi connectivity index (χ2n) is 5.58. The van der Waals surface area contributed by atoms with E-state index in [0.29, 0.717) is 4.90 Å². The van der Waals surface area contributed by atoms with E-state index < -0.39 is 9.84 Å². The fraction of sp³-hybridized carbons (Fsp3) is 0.625. The Hall–Kier alpha value is -1.07. The van der Waals surface area contributed by atoms with E-state index in [0.717, 1.165) is 31.9 Å². The van der Waals surface area contributed by atoms with Crippen LogP contribution in [0.15, 0.2) is 29.2 Å². The van der Waals surface area contributed by atoms with Gasteiger partial charge in [-0.25, -0.2) is 8.42 Å². The summed E-state index contributed by atoms with van der Waals surface area (Å²) >= 11 is 0. The average Bonchev–Trinajstić information content (AvgIpc) is 2.76. The van der Waals surface area contributed by atoms with E-state index in [4.69, 9.17) is 0 Å². The van der Waals surface area contributed by atoms with Crippen LogP contribution in [0.4, 0.5) is 5.69 Å². The lowest BCUT2D eigenvalue weighted by molar-refractivity contribution is 0.296. The lowest BCUT2D eigenvalue weighted by Crippen LogP contribution is -2.30. The highest BCUT2D eigenvalue weighted by atomic mass is 32.2. The molecule has 0 saturated carbocycles. The fourth-order valence-electron chi connectivity index (χ4n) is 2.75. The van der Waals surface area contributed by atoms with Gasteiger partial charge in [0.2, 0.25) is 0 Å². The third kappa shape index (κ3) is 4.71. The molecule has 1 N–H and O–H groups in total. The Morgan fingerprint density at radius 2 is 1.76 bits per heavy atom. The lowest BCUT2D eigenvalue weighted by Gasteiger charge is -2.20. The van der Waals surface area contributed by atoms with E-state index in [-0.39, 0.29) is 5.75 Å². The molecule has 1 fully saturated rings. The van der Waals surface area contributed by atoms with Crippen LogP contribution in [-0.4, -0.2) is 45.2 Å². The van der Waals surface area contributed by atoms with E-state index in [1.165, 1.54) is 25.7 Å². The van der Waals surface area contributed by atoms with E-state index in [1.54, 1.807) is 19.1 Å². The molecule has 1 aliphatic heterocycles. The number of anilines is 1. The molecule has 118 valence electrons. The van der Waals surface area contributed by atoms with Crippen LogP contribution in [0, 0.1) is 0 Å². The molecule has 1 aliphatic rings. The Morgan fingerprint density at radius 3 is 2.43 bits per heavy atom. The number of nitrogens with one attached hydrogen (secondary N) is 1. The monoisotopic (exact) mass is 310 g/mol. The molecule has 0 atom stereocenters. The van der Waals surface area contributed by atoms with Crippen LogP contribution >= 0.6 is 0 Å². The number of sulfone groups is 1. The van der Waals surface area contributed by atoms with Crippen molar-refractivity contribution in [2.24, 2.45) is 0 Å². The van der Waals surface area contributed by atoms with Crippen molar-refractivity contribution < 1.29 is 8.42 Å². The van der Waals surface area contributed by atoms with Gasteiger partial charge in [0.15, 0.2) is 9.84 Å². The maximum Gasteiger partial charge on any atom is 0.180 e. The van der Waals surface area contributed by atoms with Crippen LogP contribution in [-0.2, 0) is 9.84 Å². The van der Waals surface area contributed by atoms with Crippen molar-refractivity contribution >= 4 is 15.5 Å². The van der Waals surface area contributed by atoms with Gasteiger partial charge in [-0.15, -0.1) is 0 Å². The fourth-order valence-corrected chi connectivity index (χ4v) is 3.82. The normalized spacial score (nSPS) is 17.4. The highest BCUT2D eigenvalue weighted by Crippen LogP contribution is 2.21. The highest BCUT2D eigenvalue weighted by molar-refractivity contribution is 7.91. The van der Waals surface area contributed by atoms with Gasteiger partial charge in [-0.2, -0.15) is 0 Å². The van der Waals surface area contributed by atoms with Crippen LogP contribution < -0.4 is 5.32 Å². The molecule has 1 saturated heterocycles. The molecular weight excluding hydrogens is 284 g/mol. The van der Waals surface area contributed by atoms with Gasteiger partial charge in [-0.1, -0.05) is 31.9 Å². The topological polar surface area (TPSA) is 49.4 Å². The Labute approximate surface area is 128 Å². The number of rotatable bonds is 6. The number of likely N-dealkylation sites (tertiary alicyclic amines) is 1. The van der Waals surface area contributed by atoms with Gasteiger partial charge in [-0.05, 0) is 38.1 Å². The molecule has 1 heterocycles. The largest absolute Gasteiger partial charge is 0.383 e. The molecule has 0 aromatic heterocycles. The zero-order chi connectivity index (χ0) is 15.1. The van der Waals surface area contributed by atoms with E-state index in [1.807, 2.05) is 12.1 Å². The van der Waals surface area contributed by atoms with E-state index in [9.17, 15) is 8.42 Å². The Kier molecular flexibility index (Phi) is 6.06. The first-order valence-electron chi connectivity index (χ1n) is 7.91. The summed E-state index contributed by atoms with van der Waals surface area (Å²) in [6.45, 7) is 5.77. The van der Waals surface area contributed by atoms with Crippen LogP contribution in [0.3, 0.4) is 0 Å². The zero-order valence-corrected chi connectivity index (χ0v) is 13.7. The van der Waals surface area contributed by atoms with Gasteiger partial charge in [0, 0.05) is 13.1 Å². The van der Waals surface area contributed by atoms with Crippen molar-refractivity contribution in [3.63, 3.8) is 0 Å². The molecule has 1 aromatic rings. The quantitative estimate of drug-likeness (QED) is 0.878. The second-order valence-corrected chi connectivity index (χ2v) is 7.83. The number of hydrogen-bond acceptors (Lipinski definition) is 4. The predicted molar refractivity (Wildman–Crippen MR) is 87.6 cm³/mol. The van der Waals surface area contributed by atoms with Gasteiger partial charge in [0.05, 0.1) is 16.3 Å². The van der Waals surface area contributed by atoms with Gasteiger partial charge < -0.3 is 10.2 Å². The molecular formula is C16H26N2O2S. The van der Waals surface area contributed by atoms with Gasteiger partial charge in [-0.3, -0.25) is 0 Å². The summed E-state index contributed by atoms with van der Waals surface area (Å²) < 4.78 is 24.2. The first-order valence-corrected chi connectivity index (χ1v) is 9.57. The summed E-state index contributed by atoms with van der Waals surface area (Å²) in [5.74, 6) is 0.137. The molecule has 0 spiro atoms. The van der Waals surface area contributed by atoms with Crippen molar-refractivity contribution in [2.45, 2.75) is 37.5 Å². The highest BCUT2D eigenvalue weighted by Gasteiger charge is 2.16. The van der Waals surface area contributed by atoms with Crippen molar-refractivity contribution in [2.75, 3.05) is 37.2 Å². The van der Waals surface area contributed by atoms with Crippen LogP contribution in [0.1, 0.15) is 32.6 Å². The Balaban J connectivity index is 1.94. The number of nitrogens with zero attached hydrogens (tertiary/aromatic N) is 1.